The van der Waals surface area contributed by atoms with Gasteiger partial charge in [-0.25, -0.2) is 0 Å². The summed E-state index contributed by atoms with van der Waals surface area (Å²) in [5, 5.41) is 3.26. The summed E-state index contributed by atoms with van der Waals surface area (Å²) in [6.07, 6.45) is 10.5. The van der Waals surface area contributed by atoms with Crippen LogP contribution in [0.4, 0.5) is 0 Å². The van der Waals surface area contributed by atoms with E-state index >= 15 is 0 Å². The van der Waals surface area contributed by atoms with Crippen LogP contribution >= 0.6 is 0 Å². The van der Waals surface area contributed by atoms with Gasteiger partial charge in [0.25, 0.3) is 0 Å². The molecule has 2 rings (SSSR count). The van der Waals surface area contributed by atoms with Crippen LogP contribution in [0.1, 0.15) is 64.7 Å². The van der Waals surface area contributed by atoms with Crippen molar-refractivity contribution in [2.24, 2.45) is 23.5 Å². The molecule has 2 aliphatic rings. The minimum absolute atomic E-state index is 0.287. The normalized spacial score (nSPS) is 35.9. The van der Waals surface area contributed by atoms with Crippen LogP contribution < -0.4 is 11.1 Å². The second-order valence-electron chi connectivity index (χ2n) is 6.86. The first kappa shape index (κ1) is 14.8. The van der Waals surface area contributed by atoms with E-state index in [9.17, 15) is 4.79 Å². The maximum atomic E-state index is 12.1. The number of amides is 1. The van der Waals surface area contributed by atoms with Crippen molar-refractivity contribution in [3.63, 3.8) is 0 Å². The molecule has 2 unspecified atom stereocenters. The predicted octanol–water partition coefficient (Wildman–Crippen LogP) is 2.84. The number of nitrogens with one attached hydrogen (secondary N) is 1. The molecular weight excluding hydrogens is 236 g/mol. The maximum Gasteiger partial charge on any atom is 0.220 e. The van der Waals surface area contributed by atoms with Gasteiger partial charge >= 0.3 is 0 Å². The van der Waals surface area contributed by atoms with Crippen molar-refractivity contribution in [2.45, 2.75) is 70.8 Å². The van der Waals surface area contributed by atoms with Crippen LogP contribution in [-0.2, 0) is 4.79 Å². The molecule has 3 N–H and O–H groups in total. The van der Waals surface area contributed by atoms with Crippen molar-refractivity contribution in [3.05, 3.63) is 0 Å². The molecule has 2 atom stereocenters. The molecule has 0 aromatic heterocycles. The molecule has 2 saturated carbocycles. The van der Waals surface area contributed by atoms with Crippen LogP contribution in [0, 0.1) is 17.8 Å². The lowest BCUT2D eigenvalue weighted by atomic mass is 9.80. The highest BCUT2D eigenvalue weighted by Gasteiger charge is 2.24. The van der Waals surface area contributed by atoms with Crippen molar-refractivity contribution in [1.82, 2.24) is 5.32 Å². The van der Waals surface area contributed by atoms with Gasteiger partial charge in [0.15, 0.2) is 0 Å². The Morgan fingerprint density at radius 3 is 2.42 bits per heavy atom. The maximum absolute atomic E-state index is 12.1. The summed E-state index contributed by atoms with van der Waals surface area (Å²) >= 11 is 0. The Hall–Kier alpha value is -0.570. The first-order valence-corrected chi connectivity index (χ1v) is 8.16. The minimum Gasteiger partial charge on any atom is -0.353 e. The molecular formula is C16H30N2O. The predicted molar refractivity (Wildman–Crippen MR) is 78.7 cm³/mol. The zero-order valence-electron chi connectivity index (χ0n) is 12.4. The first-order chi connectivity index (χ1) is 9.17. The topological polar surface area (TPSA) is 55.1 Å². The van der Waals surface area contributed by atoms with Gasteiger partial charge in [0.05, 0.1) is 0 Å². The van der Waals surface area contributed by atoms with Crippen molar-refractivity contribution in [2.75, 3.05) is 6.54 Å². The smallest absolute Gasteiger partial charge is 0.220 e. The Balaban J connectivity index is 1.67. The molecule has 0 radical (unpaired) electrons. The van der Waals surface area contributed by atoms with Gasteiger partial charge in [-0.2, -0.15) is 0 Å². The summed E-state index contributed by atoms with van der Waals surface area (Å²) in [5.41, 5.74) is 5.71. The molecule has 110 valence electrons. The Labute approximate surface area is 117 Å². The van der Waals surface area contributed by atoms with Crippen LogP contribution in [0.3, 0.4) is 0 Å². The zero-order valence-corrected chi connectivity index (χ0v) is 12.4. The molecule has 0 saturated heterocycles. The third-order valence-electron chi connectivity index (χ3n) is 5.08. The fourth-order valence-electron chi connectivity index (χ4n) is 3.79. The zero-order chi connectivity index (χ0) is 13.7. The van der Waals surface area contributed by atoms with Crippen molar-refractivity contribution < 1.29 is 4.79 Å². The molecule has 2 aliphatic carbocycles. The molecule has 0 heterocycles. The van der Waals surface area contributed by atoms with Crippen molar-refractivity contribution >= 4 is 5.91 Å². The van der Waals surface area contributed by atoms with E-state index < -0.39 is 0 Å². The number of hydrogen-bond acceptors (Lipinski definition) is 2. The Morgan fingerprint density at radius 2 is 1.79 bits per heavy atom. The van der Waals surface area contributed by atoms with Gasteiger partial charge in [-0.15, -0.1) is 0 Å². The molecule has 0 spiro atoms. The van der Waals surface area contributed by atoms with Crippen molar-refractivity contribution in [3.8, 4) is 0 Å². The van der Waals surface area contributed by atoms with E-state index in [-0.39, 0.29) is 5.91 Å². The summed E-state index contributed by atoms with van der Waals surface area (Å²) in [7, 11) is 0. The molecule has 19 heavy (non-hydrogen) atoms. The lowest BCUT2D eigenvalue weighted by Gasteiger charge is -2.30. The molecule has 0 aromatic carbocycles. The third kappa shape index (κ3) is 4.79. The molecule has 0 bridgehead atoms. The lowest BCUT2D eigenvalue weighted by molar-refractivity contribution is -0.123. The van der Waals surface area contributed by atoms with Crippen LogP contribution in [0.25, 0.3) is 0 Å². The average Bonchev–Trinajstić information content (AvgIpc) is 2.39. The van der Waals surface area contributed by atoms with E-state index in [1.54, 1.807) is 0 Å². The number of carbonyl (C=O) groups excluding carboxylic acids is 1. The highest BCUT2D eigenvalue weighted by molar-refractivity contribution is 5.76. The van der Waals surface area contributed by atoms with E-state index in [1.165, 1.54) is 51.4 Å². The quantitative estimate of drug-likeness (QED) is 0.822. The van der Waals surface area contributed by atoms with E-state index in [0.717, 1.165) is 18.9 Å². The van der Waals surface area contributed by atoms with Gasteiger partial charge < -0.3 is 11.1 Å². The summed E-state index contributed by atoms with van der Waals surface area (Å²) in [5.74, 6) is 2.37. The largest absolute Gasteiger partial charge is 0.353 e. The second-order valence-corrected chi connectivity index (χ2v) is 6.86. The van der Waals surface area contributed by atoms with Gasteiger partial charge in [0.1, 0.15) is 0 Å². The van der Waals surface area contributed by atoms with Crippen LogP contribution in [0.2, 0.25) is 0 Å². The minimum atomic E-state index is 0.287. The van der Waals surface area contributed by atoms with E-state index in [4.69, 9.17) is 5.73 Å². The molecule has 3 nitrogen and oxygen atoms in total. The molecule has 3 heteroatoms. The fraction of sp³-hybridized carbons (Fsp3) is 0.938. The number of carbonyl (C=O) groups is 1. The fourth-order valence-corrected chi connectivity index (χ4v) is 3.79. The molecule has 2 fully saturated rings. The number of nitrogens with two attached hydrogens (primary N) is 1. The van der Waals surface area contributed by atoms with Gasteiger partial charge in [-0.3, -0.25) is 4.79 Å². The van der Waals surface area contributed by atoms with Crippen LogP contribution in [0.15, 0.2) is 0 Å². The van der Waals surface area contributed by atoms with Gasteiger partial charge in [0, 0.05) is 12.5 Å². The summed E-state index contributed by atoms with van der Waals surface area (Å²) in [4.78, 5) is 12.1. The highest BCUT2D eigenvalue weighted by Crippen LogP contribution is 2.30. The monoisotopic (exact) mass is 266 g/mol. The van der Waals surface area contributed by atoms with Crippen LogP contribution in [-0.4, -0.2) is 18.5 Å². The SMILES string of the molecule is CC1CCCC(NC(=O)CC2CCC(CN)CC2)C1. The Bertz CT molecular complexity index is 284. The first-order valence-electron chi connectivity index (χ1n) is 8.16. The number of rotatable bonds is 4. The summed E-state index contributed by atoms with van der Waals surface area (Å²) in [6, 6.07) is 0.441. The second kappa shape index (κ2) is 7.28. The standard InChI is InChI=1S/C16H30N2O/c1-12-3-2-4-15(9-12)18-16(19)10-13-5-7-14(11-17)8-6-13/h12-15H,2-11,17H2,1H3,(H,18,19). The highest BCUT2D eigenvalue weighted by atomic mass is 16.1. The molecule has 0 aromatic rings. The number of hydrogen-bond donors (Lipinski definition) is 2. The van der Waals surface area contributed by atoms with E-state index in [2.05, 4.69) is 12.2 Å². The van der Waals surface area contributed by atoms with Gasteiger partial charge in [-0.05, 0) is 62.8 Å². The van der Waals surface area contributed by atoms with Gasteiger partial charge in [-0.1, -0.05) is 19.8 Å². The van der Waals surface area contributed by atoms with Gasteiger partial charge in [0.2, 0.25) is 5.91 Å². The lowest BCUT2D eigenvalue weighted by Crippen LogP contribution is -2.39. The third-order valence-corrected chi connectivity index (χ3v) is 5.08. The van der Waals surface area contributed by atoms with E-state index in [0.29, 0.717) is 17.9 Å². The summed E-state index contributed by atoms with van der Waals surface area (Å²) in [6.45, 7) is 3.12. The van der Waals surface area contributed by atoms with Crippen LogP contribution in [0.5, 0.6) is 0 Å². The molecule has 1 amide bonds. The summed E-state index contributed by atoms with van der Waals surface area (Å²) < 4.78 is 0. The van der Waals surface area contributed by atoms with E-state index in [1.807, 2.05) is 0 Å². The average molecular weight is 266 g/mol. The van der Waals surface area contributed by atoms with Crippen molar-refractivity contribution in [1.29, 1.82) is 0 Å². The molecule has 0 aliphatic heterocycles. The Morgan fingerprint density at radius 1 is 1.11 bits per heavy atom. The Kier molecular flexibility index (Phi) is 5.68.